The van der Waals surface area contributed by atoms with Gasteiger partial charge in [-0.05, 0) is 17.7 Å². The van der Waals surface area contributed by atoms with E-state index in [4.69, 9.17) is 4.74 Å². The number of morpholine rings is 1. The zero-order chi connectivity index (χ0) is 28.0. The van der Waals surface area contributed by atoms with Crippen molar-refractivity contribution in [3.8, 4) is 0 Å². The van der Waals surface area contributed by atoms with E-state index in [2.05, 4.69) is 47.2 Å². The topological polar surface area (TPSA) is 136 Å². The fourth-order valence-electron chi connectivity index (χ4n) is 3.58. The number of esters is 1. The molecule has 0 bridgehead atoms. The number of benzene rings is 1. The molecule has 0 spiro atoms. The molecule has 3 heterocycles. The number of carbonyl (C=O) groups is 2. The Kier molecular flexibility index (Phi) is 8.29. The summed E-state index contributed by atoms with van der Waals surface area (Å²) in [7, 11) is 1.79. The van der Waals surface area contributed by atoms with Gasteiger partial charge < -0.3 is 30.3 Å². The summed E-state index contributed by atoms with van der Waals surface area (Å²) < 4.78 is 48.2. The number of hydrogen-bond donors (Lipinski definition) is 3. The number of aryl methyl sites for hydroxylation is 1. The molecule has 0 atom stereocenters. The lowest BCUT2D eigenvalue weighted by Gasteiger charge is -2.30. The minimum atomic E-state index is -5.25. The van der Waals surface area contributed by atoms with E-state index in [0.29, 0.717) is 43.8 Å². The molecule has 0 aliphatic carbocycles. The van der Waals surface area contributed by atoms with Gasteiger partial charge in [-0.2, -0.15) is 23.3 Å². The number of amides is 1. The van der Waals surface area contributed by atoms with Gasteiger partial charge in [-0.3, -0.25) is 9.48 Å². The minimum absolute atomic E-state index is 0.263. The number of nitrogens with zero attached hydrogens (tertiary/aromatic N) is 5. The third kappa shape index (κ3) is 7.44. The Balaban J connectivity index is 1.46. The molecule has 1 aliphatic heterocycles. The number of carbonyl (C=O) groups excluding carboxylic acids is 2. The molecule has 1 aromatic carbocycles. The first-order valence-corrected chi connectivity index (χ1v) is 11.7. The molecule has 1 aliphatic rings. The summed E-state index contributed by atoms with van der Waals surface area (Å²) in [4.78, 5) is 34.3. The molecule has 15 heteroatoms. The molecule has 0 unspecified atom stereocenters. The van der Waals surface area contributed by atoms with Crippen molar-refractivity contribution in [1.29, 1.82) is 0 Å². The first-order valence-electron chi connectivity index (χ1n) is 11.7. The number of anilines is 5. The third-order valence-electron chi connectivity index (χ3n) is 5.43. The van der Waals surface area contributed by atoms with Crippen LogP contribution in [0.1, 0.15) is 5.56 Å². The van der Waals surface area contributed by atoms with Crippen LogP contribution in [-0.2, 0) is 32.7 Å². The van der Waals surface area contributed by atoms with Crippen LogP contribution in [0, 0.1) is 0 Å². The van der Waals surface area contributed by atoms with E-state index in [0.717, 1.165) is 11.3 Å². The van der Waals surface area contributed by atoms with Crippen molar-refractivity contribution < 1.29 is 32.2 Å². The molecule has 2 aromatic heterocycles. The summed E-state index contributed by atoms with van der Waals surface area (Å²) in [5, 5.41) is 12.9. The lowest BCUT2D eigenvalue weighted by molar-refractivity contribution is -0.195. The predicted molar refractivity (Wildman–Crippen MR) is 135 cm³/mol. The van der Waals surface area contributed by atoms with E-state index in [9.17, 15) is 22.8 Å². The van der Waals surface area contributed by atoms with Crippen LogP contribution >= 0.6 is 0 Å². The highest BCUT2D eigenvalue weighted by molar-refractivity contribution is 6.03. The van der Waals surface area contributed by atoms with Crippen LogP contribution < -0.4 is 20.9 Å². The Morgan fingerprint density at radius 2 is 1.95 bits per heavy atom. The fraction of sp³-hybridized carbons (Fsp3) is 0.292. The number of rotatable bonds is 9. The maximum Gasteiger partial charge on any atom is 0.491 e. The lowest BCUT2D eigenvalue weighted by Crippen LogP contribution is -2.36. The van der Waals surface area contributed by atoms with Crippen LogP contribution in [0.2, 0.25) is 0 Å². The van der Waals surface area contributed by atoms with E-state index in [1.54, 1.807) is 48.5 Å². The number of halogens is 3. The lowest BCUT2D eigenvalue weighted by atomic mass is 10.2. The van der Waals surface area contributed by atoms with E-state index in [1.165, 1.54) is 6.07 Å². The normalized spacial score (nSPS) is 13.5. The van der Waals surface area contributed by atoms with Gasteiger partial charge in [0.15, 0.2) is 11.6 Å². The molecule has 1 fully saturated rings. The van der Waals surface area contributed by atoms with Crippen molar-refractivity contribution in [3.63, 3.8) is 0 Å². The molecule has 3 aromatic rings. The first kappa shape index (κ1) is 27.4. The van der Waals surface area contributed by atoms with Crippen LogP contribution in [0.25, 0.3) is 0 Å². The Labute approximate surface area is 220 Å². The quantitative estimate of drug-likeness (QED) is 0.209. The van der Waals surface area contributed by atoms with Gasteiger partial charge in [-0.1, -0.05) is 18.7 Å². The highest BCUT2D eigenvalue weighted by Crippen LogP contribution is 2.27. The molecule has 206 valence electrons. The smallest absolute Gasteiger partial charge is 0.415 e. The van der Waals surface area contributed by atoms with Crippen LogP contribution in [0.15, 0.2) is 55.2 Å². The predicted octanol–water partition coefficient (Wildman–Crippen LogP) is 2.96. The Hall–Kier alpha value is -4.66. The van der Waals surface area contributed by atoms with E-state index < -0.39 is 23.8 Å². The van der Waals surface area contributed by atoms with Gasteiger partial charge in [-0.25, -0.2) is 9.78 Å². The molecular formula is C24H25F3N8O4. The molecule has 39 heavy (non-hydrogen) atoms. The van der Waals surface area contributed by atoms with Crippen LogP contribution in [0.4, 0.5) is 42.0 Å². The average Bonchev–Trinajstić information content (AvgIpc) is 3.32. The molecular weight excluding hydrogens is 521 g/mol. The highest BCUT2D eigenvalue weighted by atomic mass is 19.4. The average molecular weight is 547 g/mol. The minimum Gasteiger partial charge on any atom is -0.415 e. The van der Waals surface area contributed by atoms with Crippen molar-refractivity contribution in [2.75, 3.05) is 47.2 Å². The molecule has 1 saturated heterocycles. The summed E-state index contributed by atoms with van der Waals surface area (Å²) in [5.74, 6) is -3.69. The Morgan fingerprint density at radius 3 is 2.64 bits per heavy atom. The number of alkyl halides is 3. The molecule has 0 saturated carbocycles. The van der Waals surface area contributed by atoms with E-state index in [-0.39, 0.29) is 12.2 Å². The van der Waals surface area contributed by atoms with Gasteiger partial charge in [0.25, 0.3) is 5.91 Å². The van der Waals surface area contributed by atoms with Gasteiger partial charge in [0.2, 0.25) is 5.95 Å². The molecule has 0 radical (unpaired) electrons. The Morgan fingerprint density at radius 1 is 1.18 bits per heavy atom. The molecule has 3 N–H and O–H groups in total. The summed E-state index contributed by atoms with van der Waals surface area (Å²) in [6.45, 7) is 5.84. The van der Waals surface area contributed by atoms with Crippen molar-refractivity contribution in [3.05, 3.63) is 60.8 Å². The number of ether oxygens (including phenoxy) is 2. The standard InChI is InChI=1S/C24H25F3N8O4/c1-15(39-22(37)24(25,26)27)21(36)31-17-5-3-4-16(10-17)11-28-20-19(35-6-8-38-9-7-35)13-29-23(33-20)32-18-12-30-34(2)14-18/h3-5,10,12-14H,1,6-9,11H2,2H3,(H,31,36)(H2,28,29,32,33). The third-order valence-corrected chi connectivity index (χ3v) is 5.43. The zero-order valence-electron chi connectivity index (χ0n) is 20.8. The van der Waals surface area contributed by atoms with E-state index >= 15 is 0 Å². The van der Waals surface area contributed by atoms with Crippen LogP contribution in [0.5, 0.6) is 0 Å². The molecule has 1 amide bonds. The largest absolute Gasteiger partial charge is 0.491 e. The molecule has 12 nitrogen and oxygen atoms in total. The van der Waals surface area contributed by atoms with Crippen LogP contribution in [0.3, 0.4) is 0 Å². The van der Waals surface area contributed by atoms with Crippen molar-refractivity contribution >= 4 is 40.7 Å². The highest BCUT2D eigenvalue weighted by Gasteiger charge is 2.42. The van der Waals surface area contributed by atoms with Gasteiger partial charge in [0, 0.05) is 38.6 Å². The maximum atomic E-state index is 12.4. The maximum absolute atomic E-state index is 12.4. The second kappa shape index (κ2) is 11.8. The summed E-state index contributed by atoms with van der Waals surface area (Å²) in [6, 6.07) is 6.56. The Bertz CT molecular complexity index is 1360. The van der Waals surface area contributed by atoms with Crippen LogP contribution in [-0.4, -0.2) is 64.1 Å². The molecule has 4 rings (SSSR count). The van der Waals surface area contributed by atoms with Crippen molar-refractivity contribution in [2.45, 2.75) is 12.7 Å². The van der Waals surface area contributed by atoms with Crippen molar-refractivity contribution in [1.82, 2.24) is 19.7 Å². The monoisotopic (exact) mass is 546 g/mol. The number of nitrogens with one attached hydrogen (secondary N) is 3. The first-order chi connectivity index (χ1) is 18.6. The number of aromatic nitrogens is 4. The van der Waals surface area contributed by atoms with Gasteiger partial charge in [0.1, 0.15) is 0 Å². The summed E-state index contributed by atoms with van der Waals surface area (Å²) in [5.41, 5.74) is 2.48. The van der Waals surface area contributed by atoms with Crippen molar-refractivity contribution in [2.24, 2.45) is 7.05 Å². The van der Waals surface area contributed by atoms with Gasteiger partial charge in [-0.15, -0.1) is 0 Å². The second-order valence-corrected chi connectivity index (χ2v) is 8.37. The van der Waals surface area contributed by atoms with Gasteiger partial charge >= 0.3 is 12.1 Å². The second-order valence-electron chi connectivity index (χ2n) is 8.37. The zero-order valence-corrected chi connectivity index (χ0v) is 20.8. The number of hydrogen-bond acceptors (Lipinski definition) is 10. The SMILES string of the molecule is C=C(OC(=O)C(F)(F)F)C(=O)Nc1cccc(CNc2nc(Nc3cnn(C)c3)ncc2N2CCOCC2)c1. The van der Waals surface area contributed by atoms with E-state index in [1.807, 2.05) is 0 Å². The van der Waals surface area contributed by atoms with Gasteiger partial charge in [0.05, 0.1) is 37.0 Å². The summed E-state index contributed by atoms with van der Waals surface area (Å²) in [6.07, 6.45) is -0.108. The fourth-order valence-corrected chi connectivity index (χ4v) is 3.58. The summed E-state index contributed by atoms with van der Waals surface area (Å²) >= 11 is 0.